The Morgan fingerprint density at radius 3 is 2.54 bits per heavy atom. The van der Waals surface area contributed by atoms with Crippen LogP contribution in [0.4, 0.5) is 4.39 Å². The van der Waals surface area contributed by atoms with Gasteiger partial charge in [-0.15, -0.1) is 0 Å². The fourth-order valence-corrected chi connectivity index (χ4v) is 2.94. The van der Waals surface area contributed by atoms with Gasteiger partial charge >= 0.3 is 0 Å². The fraction of sp³-hybridized carbons (Fsp3) is 0.400. The first-order valence-electron chi connectivity index (χ1n) is 8.82. The molecular weight excluding hydrogens is 399 g/mol. The van der Waals surface area contributed by atoms with Gasteiger partial charge in [-0.05, 0) is 57.2 Å². The van der Waals surface area contributed by atoms with Crippen molar-refractivity contribution in [1.82, 2.24) is 10.6 Å². The van der Waals surface area contributed by atoms with E-state index in [0.29, 0.717) is 23.7 Å². The van der Waals surface area contributed by atoms with Crippen LogP contribution in [0.15, 0.2) is 40.9 Å². The molecule has 0 amide bonds. The Morgan fingerprint density at radius 2 is 1.81 bits per heavy atom. The minimum atomic E-state index is -0.271. The summed E-state index contributed by atoms with van der Waals surface area (Å²) in [5.41, 5.74) is 1.61. The molecule has 0 aliphatic carbocycles. The third kappa shape index (κ3) is 6.27. The lowest BCUT2D eigenvalue weighted by atomic mass is 10.2. The van der Waals surface area contributed by atoms with Gasteiger partial charge in [0, 0.05) is 16.6 Å². The molecule has 0 unspecified atom stereocenters. The van der Waals surface area contributed by atoms with Gasteiger partial charge in [-0.1, -0.05) is 34.1 Å². The monoisotopic (exact) mass is 424 g/mol. The molecule has 0 spiro atoms. The predicted molar refractivity (Wildman–Crippen MR) is 106 cm³/mol. The molecule has 0 aliphatic heterocycles. The Kier molecular flexibility index (Phi) is 8.88. The third-order valence-corrected chi connectivity index (χ3v) is 4.59. The molecule has 0 fully saturated rings. The molecule has 0 saturated heterocycles. The molecule has 142 valence electrons. The molecule has 26 heavy (non-hydrogen) atoms. The highest BCUT2D eigenvalue weighted by Crippen LogP contribution is 2.34. The van der Waals surface area contributed by atoms with Crippen molar-refractivity contribution in [2.75, 3.05) is 26.7 Å². The summed E-state index contributed by atoms with van der Waals surface area (Å²) >= 11 is 3.59. The lowest BCUT2D eigenvalue weighted by Crippen LogP contribution is -2.19. The van der Waals surface area contributed by atoms with Gasteiger partial charge in [0.05, 0.1) is 6.61 Å². The van der Waals surface area contributed by atoms with Crippen molar-refractivity contribution in [3.63, 3.8) is 0 Å². The number of nitrogens with one attached hydrogen (secondary N) is 2. The van der Waals surface area contributed by atoms with Gasteiger partial charge in [0.2, 0.25) is 0 Å². The molecular formula is C20H26BrFN2O2. The number of hydrogen-bond donors (Lipinski definition) is 2. The van der Waals surface area contributed by atoms with E-state index >= 15 is 0 Å². The maximum Gasteiger partial charge on any atom is 0.162 e. The molecule has 0 aliphatic rings. The van der Waals surface area contributed by atoms with Gasteiger partial charge in [-0.3, -0.25) is 0 Å². The fourth-order valence-electron chi connectivity index (χ4n) is 2.48. The Labute approximate surface area is 163 Å². The molecule has 6 heteroatoms. The Balaban J connectivity index is 2.06. The largest absolute Gasteiger partial charge is 0.490 e. The summed E-state index contributed by atoms with van der Waals surface area (Å²) in [6.07, 6.45) is 1.07. The summed E-state index contributed by atoms with van der Waals surface area (Å²) in [5, 5.41) is 6.55. The van der Waals surface area contributed by atoms with Crippen LogP contribution in [0.25, 0.3) is 0 Å². The summed E-state index contributed by atoms with van der Waals surface area (Å²) in [7, 11) is 1.95. The van der Waals surface area contributed by atoms with E-state index in [0.717, 1.165) is 36.1 Å². The van der Waals surface area contributed by atoms with Crippen molar-refractivity contribution in [3.05, 3.63) is 57.8 Å². The lowest BCUT2D eigenvalue weighted by Gasteiger charge is -2.16. The normalized spacial score (nSPS) is 10.8. The van der Waals surface area contributed by atoms with E-state index < -0.39 is 0 Å². The van der Waals surface area contributed by atoms with Crippen molar-refractivity contribution >= 4 is 15.9 Å². The van der Waals surface area contributed by atoms with Gasteiger partial charge < -0.3 is 20.1 Å². The van der Waals surface area contributed by atoms with Crippen LogP contribution in [-0.4, -0.2) is 26.7 Å². The molecule has 2 aromatic carbocycles. The van der Waals surface area contributed by atoms with E-state index in [-0.39, 0.29) is 12.4 Å². The number of rotatable bonds is 11. The number of benzene rings is 2. The van der Waals surface area contributed by atoms with Crippen molar-refractivity contribution in [1.29, 1.82) is 0 Å². The second-order valence-corrected chi connectivity index (χ2v) is 6.69. The first-order valence-corrected chi connectivity index (χ1v) is 9.61. The van der Waals surface area contributed by atoms with Gasteiger partial charge in [0.15, 0.2) is 11.5 Å². The molecule has 0 radical (unpaired) electrons. The highest BCUT2D eigenvalue weighted by atomic mass is 79.9. The molecule has 0 aromatic heterocycles. The second-order valence-electron chi connectivity index (χ2n) is 5.84. The van der Waals surface area contributed by atoms with Crippen molar-refractivity contribution < 1.29 is 13.9 Å². The molecule has 0 saturated carbocycles. The Morgan fingerprint density at radius 1 is 1.04 bits per heavy atom. The van der Waals surface area contributed by atoms with Gasteiger partial charge in [-0.2, -0.15) is 0 Å². The van der Waals surface area contributed by atoms with Crippen LogP contribution in [0.1, 0.15) is 24.5 Å². The molecule has 0 bridgehead atoms. The van der Waals surface area contributed by atoms with Crippen LogP contribution in [0, 0.1) is 5.82 Å². The summed E-state index contributed by atoms with van der Waals surface area (Å²) in [6.45, 7) is 5.27. The Hall–Kier alpha value is -1.63. The average molecular weight is 425 g/mol. The topological polar surface area (TPSA) is 42.5 Å². The molecule has 4 nitrogen and oxygen atoms in total. The van der Waals surface area contributed by atoms with E-state index in [4.69, 9.17) is 9.47 Å². The minimum absolute atomic E-state index is 0.154. The highest BCUT2D eigenvalue weighted by molar-refractivity contribution is 9.10. The first kappa shape index (κ1) is 20.7. The van der Waals surface area contributed by atoms with E-state index in [1.807, 2.05) is 26.1 Å². The van der Waals surface area contributed by atoms with Crippen LogP contribution in [0.3, 0.4) is 0 Å². The van der Waals surface area contributed by atoms with Crippen LogP contribution in [0.5, 0.6) is 11.5 Å². The number of ether oxygens (including phenoxy) is 2. The van der Waals surface area contributed by atoms with Crippen molar-refractivity contribution in [2.24, 2.45) is 0 Å². The van der Waals surface area contributed by atoms with Crippen molar-refractivity contribution in [3.8, 4) is 11.5 Å². The second kappa shape index (κ2) is 11.2. The Bertz CT molecular complexity index is 698. The standard InChI is InChI=1S/C20H26BrFN2O2/c1-3-25-19-11-16(13-24-10-6-9-23-2)17(21)12-20(19)26-14-15-7-4-5-8-18(15)22/h4-5,7-8,11-12,23-24H,3,6,9-10,13-14H2,1-2H3. The average Bonchev–Trinajstić information content (AvgIpc) is 2.63. The maximum atomic E-state index is 13.8. The molecule has 0 atom stereocenters. The summed E-state index contributed by atoms with van der Waals surface area (Å²) in [6, 6.07) is 10.5. The maximum absolute atomic E-state index is 13.8. The minimum Gasteiger partial charge on any atom is -0.490 e. The smallest absolute Gasteiger partial charge is 0.162 e. The zero-order valence-electron chi connectivity index (χ0n) is 15.3. The van der Waals surface area contributed by atoms with Crippen LogP contribution < -0.4 is 20.1 Å². The molecule has 2 rings (SSSR count). The van der Waals surface area contributed by atoms with Crippen LogP contribution in [-0.2, 0) is 13.2 Å². The van der Waals surface area contributed by atoms with Crippen molar-refractivity contribution in [2.45, 2.75) is 26.5 Å². The summed E-state index contributed by atoms with van der Waals surface area (Å²) in [5.74, 6) is 0.992. The third-order valence-electron chi connectivity index (χ3n) is 3.85. The van der Waals surface area contributed by atoms with E-state index in [1.165, 1.54) is 6.07 Å². The predicted octanol–water partition coefficient (Wildman–Crippen LogP) is 4.27. The molecule has 2 aromatic rings. The number of halogens is 2. The zero-order chi connectivity index (χ0) is 18.8. The molecule has 2 N–H and O–H groups in total. The first-order chi connectivity index (χ1) is 12.7. The highest BCUT2D eigenvalue weighted by Gasteiger charge is 2.12. The van der Waals surface area contributed by atoms with E-state index in [1.54, 1.807) is 18.2 Å². The number of hydrogen-bond acceptors (Lipinski definition) is 4. The summed E-state index contributed by atoms with van der Waals surface area (Å²) < 4.78 is 26.3. The van der Waals surface area contributed by atoms with Gasteiger partial charge in [-0.25, -0.2) is 4.39 Å². The zero-order valence-corrected chi connectivity index (χ0v) is 16.9. The van der Waals surface area contributed by atoms with Crippen LogP contribution in [0.2, 0.25) is 0 Å². The van der Waals surface area contributed by atoms with Gasteiger partial charge in [0.25, 0.3) is 0 Å². The van der Waals surface area contributed by atoms with E-state index in [9.17, 15) is 4.39 Å². The quantitative estimate of drug-likeness (QED) is 0.528. The SMILES string of the molecule is CCOc1cc(CNCCCNC)c(Br)cc1OCc1ccccc1F. The van der Waals surface area contributed by atoms with E-state index in [2.05, 4.69) is 26.6 Å². The lowest BCUT2D eigenvalue weighted by molar-refractivity contribution is 0.265. The molecule has 0 heterocycles. The van der Waals surface area contributed by atoms with Gasteiger partial charge in [0.1, 0.15) is 12.4 Å². The van der Waals surface area contributed by atoms with Crippen LogP contribution >= 0.6 is 15.9 Å². The summed E-state index contributed by atoms with van der Waals surface area (Å²) in [4.78, 5) is 0.